The topological polar surface area (TPSA) is 12.0 Å². The summed E-state index contributed by atoms with van der Waals surface area (Å²) in [6.45, 7) is 5.37. The van der Waals surface area contributed by atoms with E-state index in [1.165, 1.54) is 23.3 Å². The number of halogens is 1. The normalized spacial score (nSPS) is 19.9. The van der Waals surface area contributed by atoms with Crippen molar-refractivity contribution in [3.63, 3.8) is 0 Å². The molecule has 0 saturated heterocycles. The molecule has 0 saturated carbocycles. The van der Waals surface area contributed by atoms with E-state index in [1.807, 2.05) is 12.1 Å². The van der Waals surface area contributed by atoms with E-state index in [-0.39, 0.29) is 11.2 Å². The summed E-state index contributed by atoms with van der Waals surface area (Å²) in [7, 11) is 0. The lowest BCUT2D eigenvalue weighted by Gasteiger charge is -2.28. The summed E-state index contributed by atoms with van der Waals surface area (Å²) < 4.78 is 12.9. The van der Waals surface area contributed by atoms with Gasteiger partial charge in [-0.1, -0.05) is 50.2 Å². The lowest BCUT2D eigenvalue weighted by molar-refractivity contribution is 0.268. The van der Waals surface area contributed by atoms with Gasteiger partial charge < -0.3 is 5.32 Å². The molecule has 1 N–H and O–H groups in total. The summed E-state index contributed by atoms with van der Waals surface area (Å²) in [5, 5.41) is 3.64. The second-order valence-corrected chi connectivity index (χ2v) is 6.30. The number of rotatable bonds is 3. The van der Waals surface area contributed by atoms with Crippen LogP contribution >= 0.6 is 0 Å². The average Bonchev–Trinajstić information content (AvgIpc) is 2.68. The molecule has 2 aromatic rings. The second kappa shape index (κ2) is 5.02. The molecule has 1 nitrogen and oxygen atoms in total. The standard InChI is InChI=1S/C18H20FN/c1-18(2)11-14-5-3-4-6-16(14)17(18)20-12-13-7-9-15(19)10-8-13/h3-10,17,20H,11-12H2,1-2H3. The monoisotopic (exact) mass is 269 g/mol. The quantitative estimate of drug-likeness (QED) is 0.879. The predicted octanol–water partition coefficient (Wildman–Crippen LogP) is 4.24. The smallest absolute Gasteiger partial charge is 0.123 e. The summed E-state index contributed by atoms with van der Waals surface area (Å²) in [5.74, 6) is -0.180. The summed E-state index contributed by atoms with van der Waals surface area (Å²) in [4.78, 5) is 0. The first-order chi connectivity index (χ1) is 9.56. The minimum Gasteiger partial charge on any atom is -0.305 e. The molecule has 1 unspecified atom stereocenters. The second-order valence-electron chi connectivity index (χ2n) is 6.30. The molecule has 0 radical (unpaired) electrons. The summed E-state index contributed by atoms with van der Waals surface area (Å²) in [5.41, 5.74) is 4.17. The van der Waals surface area contributed by atoms with Gasteiger partial charge in [0.2, 0.25) is 0 Å². The third kappa shape index (κ3) is 2.48. The van der Waals surface area contributed by atoms with E-state index >= 15 is 0 Å². The largest absolute Gasteiger partial charge is 0.305 e. The van der Waals surface area contributed by atoms with Crippen molar-refractivity contribution in [2.24, 2.45) is 5.41 Å². The Hall–Kier alpha value is -1.67. The van der Waals surface area contributed by atoms with Gasteiger partial charge in [-0.05, 0) is 40.7 Å². The fourth-order valence-corrected chi connectivity index (χ4v) is 3.20. The molecule has 1 aliphatic carbocycles. The number of fused-ring (bicyclic) bond motifs is 1. The summed E-state index contributed by atoms with van der Waals surface area (Å²) >= 11 is 0. The van der Waals surface area contributed by atoms with Crippen LogP contribution in [-0.4, -0.2) is 0 Å². The Balaban J connectivity index is 1.78. The maximum atomic E-state index is 12.9. The van der Waals surface area contributed by atoms with Gasteiger partial charge in [0, 0.05) is 12.6 Å². The van der Waals surface area contributed by atoms with Gasteiger partial charge in [-0.2, -0.15) is 0 Å². The Bertz CT molecular complexity index is 601. The van der Waals surface area contributed by atoms with Crippen LogP contribution in [-0.2, 0) is 13.0 Å². The van der Waals surface area contributed by atoms with E-state index in [4.69, 9.17) is 0 Å². The predicted molar refractivity (Wildman–Crippen MR) is 79.9 cm³/mol. The summed E-state index contributed by atoms with van der Waals surface area (Å²) in [6, 6.07) is 15.7. The van der Waals surface area contributed by atoms with E-state index in [2.05, 4.69) is 43.4 Å². The molecule has 20 heavy (non-hydrogen) atoms. The molecule has 3 rings (SSSR count). The van der Waals surface area contributed by atoms with Gasteiger partial charge in [0.25, 0.3) is 0 Å². The van der Waals surface area contributed by atoms with Gasteiger partial charge in [-0.3, -0.25) is 0 Å². The summed E-state index contributed by atoms with van der Waals surface area (Å²) in [6.07, 6.45) is 1.10. The van der Waals surface area contributed by atoms with Crippen LogP contribution in [0, 0.1) is 11.2 Å². The SMILES string of the molecule is CC1(C)Cc2ccccc2C1NCc1ccc(F)cc1. The number of benzene rings is 2. The van der Waals surface area contributed by atoms with Crippen LogP contribution in [0.4, 0.5) is 4.39 Å². The number of nitrogens with one attached hydrogen (secondary N) is 1. The molecule has 0 bridgehead atoms. The minimum atomic E-state index is -0.180. The Labute approximate surface area is 119 Å². The highest BCUT2D eigenvalue weighted by Crippen LogP contribution is 2.45. The minimum absolute atomic E-state index is 0.180. The van der Waals surface area contributed by atoms with Crippen molar-refractivity contribution < 1.29 is 4.39 Å². The van der Waals surface area contributed by atoms with Crippen LogP contribution in [0.25, 0.3) is 0 Å². The van der Waals surface area contributed by atoms with Gasteiger partial charge in [0.05, 0.1) is 0 Å². The molecule has 0 aromatic heterocycles. The molecule has 0 spiro atoms. The van der Waals surface area contributed by atoms with Gasteiger partial charge >= 0.3 is 0 Å². The fraction of sp³-hybridized carbons (Fsp3) is 0.333. The molecule has 1 atom stereocenters. The first-order valence-corrected chi connectivity index (χ1v) is 7.12. The maximum Gasteiger partial charge on any atom is 0.123 e. The maximum absolute atomic E-state index is 12.9. The molecule has 0 heterocycles. The number of hydrogen-bond donors (Lipinski definition) is 1. The fourth-order valence-electron chi connectivity index (χ4n) is 3.20. The Morgan fingerprint density at radius 3 is 2.55 bits per heavy atom. The Morgan fingerprint density at radius 2 is 1.80 bits per heavy atom. The Morgan fingerprint density at radius 1 is 1.10 bits per heavy atom. The zero-order valence-electron chi connectivity index (χ0n) is 12.0. The highest BCUT2D eigenvalue weighted by atomic mass is 19.1. The first-order valence-electron chi connectivity index (χ1n) is 7.12. The van der Waals surface area contributed by atoms with Crippen molar-refractivity contribution in [1.82, 2.24) is 5.32 Å². The zero-order valence-corrected chi connectivity index (χ0v) is 12.0. The van der Waals surface area contributed by atoms with Crippen LogP contribution in [0.2, 0.25) is 0 Å². The molecule has 1 aliphatic rings. The van der Waals surface area contributed by atoms with Crippen LogP contribution in [0.1, 0.15) is 36.6 Å². The van der Waals surface area contributed by atoms with Crippen LogP contribution in [0.15, 0.2) is 48.5 Å². The van der Waals surface area contributed by atoms with E-state index in [9.17, 15) is 4.39 Å². The average molecular weight is 269 g/mol. The molecule has 2 aromatic carbocycles. The third-order valence-electron chi connectivity index (χ3n) is 4.22. The molecule has 104 valence electrons. The van der Waals surface area contributed by atoms with Crippen molar-refractivity contribution in [2.45, 2.75) is 32.9 Å². The van der Waals surface area contributed by atoms with Gasteiger partial charge in [-0.25, -0.2) is 4.39 Å². The van der Waals surface area contributed by atoms with Crippen molar-refractivity contribution in [2.75, 3.05) is 0 Å². The highest BCUT2D eigenvalue weighted by molar-refractivity contribution is 5.37. The lowest BCUT2D eigenvalue weighted by atomic mass is 9.85. The van der Waals surface area contributed by atoms with Crippen molar-refractivity contribution in [1.29, 1.82) is 0 Å². The van der Waals surface area contributed by atoms with E-state index in [0.29, 0.717) is 6.04 Å². The number of hydrogen-bond acceptors (Lipinski definition) is 1. The zero-order chi connectivity index (χ0) is 14.2. The Kier molecular flexibility index (Phi) is 3.35. The molecule has 0 amide bonds. The van der Waals surface area contributed by atoms with E-state index in [0.717, 1.165) is 18.5 Å². The van der Waals surface area contributed by atoms with Crippen LogP contribution < -0.4 is 5.32 Å². The molecule has 2 heteroatoms. The first kappa shape index (κ1) is 13.3. The molecule has 0 fully saturated rings. The van der Waals surface area contributed by atoms with E-state index < -0.39 is 0 Å². The molecular formula is C18H20FN. The third-order valence-corrected chi connectivity index (χ3v) is 4.22. The van der Waals surface area contributed by atoms with Crippen molar-refractivity contribution >= 4 is 0 Å². The van der Waals surface area contributed by atoms with Crippen LogP contribution in [0.5, 0.6) is 0 Å². The lowest BCUT2D eigenvalue weighted by Crippen LogP contribution is -2.30. The van der Waals surface area contributed by atoms with Gasteiger partial charge in [0.1, 0.15) is 5.82 Å². The molecule has 0 aliphatic heterocycles. The van der Waals surface area contributed by atoms with Crippen molar-refractivity contribution in [3.05, 3.63) is 71.0 Å². The highest BCUT2D eigenvalue weighted by Gasteiger charge is 2.38. The molecular weight excluding hydrogens is 249 g/mol. The van der Waals surface area contributed by atoms with Crippen molar-refractivity contribution in [3.8, 4) is 0 Å². The van der Waals surface area contributed by atoms with E-state index in [1.54, 1.807) is 0 Å². The van der Waals surface area contributed by atoms with Gasteiger partial charge in [-0.15, -0.1) is 0 Å². The van der Waals surface area contributed by atoms with Crippen LogP contribution in [0.3, 0.4) is 0 Å². The van der Waals surface area contributed by atoms with Gasteiger partial charge in [0.15, 0.2) is 0 Å².